The standard InChI is InChI=1S/C33H21B3O.C9H20O/c1-20-8-6-12-26-27-13-7-11-23(31(27)37-30(20)26)21-16-18-22(19-17-21)32(33(34,35)36)28-14-4-2-9-24(28)25-10-3-5-15-29(25)32;1-7-8(2,3)9(4,5)10-6/h2-19H,1H3;7H2,1-6H3. The molecule has 0 amide bonds. The Balaban J connectivity index is 0.000000337. The third-order valence-corrected chi connectivity index (χ3v) is 11.0. The lowest BCUT2D eigenvalue weighted by Gasteiger charge is -2.46. The van der Waals surface area contributed by atoms with Crippen LogP contribution in [-0.2, 0) is 10.2 Å². The van der Waals surface area contributed by atoms with Gasteiger partial charge in [-0.05, 0) is 71.6 Å². The quantitative estimate of drug-likeness (QED) is 0.175. The fraction of sp³-hybridized carbons (Fsp3) is 0.286. The van der Waals surface area contributed by atoms with E-state index in [0.29, 0.717) is 0 Å². The SMILES string of the molecule is CCC(C)(C)C(C)(C)OC.[B]C([B])([B])C1(c2ccc(-c3cccc4c3oc3c(C)cccc34)cc2)c2ccccc2-c2ccccc21. The molecule has 1 aromatic heterocycles. The lowest BCUT2D eigenvalue weighted by molar-refractivity contribution is -0.0723. The number of fused-ring (bicyclic) bond motifs is 6. The Kier molecular flexibility index (Phi) is 8.38. The second kappa shape index (κ2) is 11.9. The van der Waals surface area contributed by atoms with Crippen LogP contribution < -0.4 is 0 Å². The third-order valence-electron chi connectivity index (χ3n) is 11.0. The van der Waals surface area contributed by atoms with Crippen molar-refractivity contribution in [1.82, 2.24) is 0 Å². The van der Waals surface area contributed by atoms with Crippen molar-refractivity contribution in [2.75, 3.05) is 7.11 Å². The number of aryl methyl sites for hydroxylation is 1. The van der Waals surface area contributed by atoms with Crippen molar-refractivity contribution in [3.63, 3.8) is 0 Å². The number of methoxy groups -OCH3 is 1. The second-order valence-corrected chi connectivity index (χ2v) is 14.0. The van der Waals surface area contributed by atoms with Crippen LogP contribution in [0.4, 0.5) is 0 Å². The molecule has 0 bridgehead atoms. The summed E-state index contributed by atoms with van der Waals surface area (Å²) >= 11 is 0. The zero-order valence-electron chi connectivity index (χ0n) is 28.6. The highest BCUT2D eigenvalue weighted by Gasteiger charge is 2.50. The van der Waals surface area contributed by atoms with Crippen molar-refractivity contribution in [2.24, 2.45) is 5.41 Å². The summed E-state index contributed by atoms with van der Waals surface area (Å²) in [7, 11) is 21.8. The number of benzene rings is 5. The van der Waals surface area contributed by atoms with Gasteiger partial charge >= 0.3 is 0 Å². The fourth-order valence-electron chi connectivity index (χ4n) is 7.05. The molecular weight excluding hydrogens is 569 g/mol. The summed E-state index contributed by atoms with van der Waals surface area (Å²) in [4.78, 5) is 0. The number of para-hydroxylation sites is 2. The van der Waals surface area contributed by atoms with Gasteiger partial charge in [0, 0.05) is 28.9 Å². The maximum atomic E-state index is 6.66. The smallest absolute Gasteiger partial charge is 0.143 e. The second-order valence-electron chi connectivity index (χ2n) is 14.0. The minimum atomic E-state index is -1.53. The van der Waals surface area contributed by atoms with Crippen molar-refractivity contribution in [2.45, 2.75) is 64.1 Å². The van der Waals surface area contributed by atoms with Crippen LogP contribution in [0.5, 0.6) is 0 Å². The Morgan fingerprint density at radius 2 is 1.15 bits per heavy atom. The van der Waals surface area contributed by atoms with E-state index >= 15 is 0 Å². The zero-order chi connectivity index (χ0) is 33.8. The molecule has 2 nitrogen and oxygen atoms in total. The first kappa shape index (κ1) is 33.0. The maximum Gasteiger partial charge on any atom is 0.143 e. The van der Waals surface area contributed by atoms with Gasteiger partial charge in [0.2, 0.25) is 0 Å². The van der Waals surface area contributed by atoms with Gasteiger partial charge in [0.25, 0.3) is 0 Å². The molecule has 1 aliphatic carbocycles. The molecule has 47 heavy (non-hydrogen) atoms. The van der Waals surface area contributed by atoms with Crippen molar-refractivity contribution >= 4 is 45.5 Å². The Labute approximate surface area is 284 Å². The van der Waals surface area contributed by atoms with Crippen molar-refractivity contribution in [1.29, 1.82) is 0 Å². The first-order chi connectivity index (χ1) is 22.3. The number of furan rings is 1. The largest absolute Gasteiger partial charge is 0.455 e. The van der Waals surface area contributed by atoms with Crippen LogP contribution in [-0.4, -0.2) is 36.2 Å². The molecule has 0 atom stereocenters. The summed E-state index contributed by atoms with van der Waals surface area (Å²) in [6, 6.07) is 37.5. The van der Waals surface area contributed by atoms with E-state index in [1.165, 1.54) is 0 Å². The Morgan fingerprint density at radius 1 is 0.638 bits per heavy atom. The van der Waals surface area contributed by atoms with Crippen LogP contribution in [0.25, 0.3) is 44.2 Å². The van der Waals surface area contributed by atoms with E-state index in [0.717, 1.165) is 72.9 Å². The Hall–Kier alpha value is -3.95. The van der Waals surface area contributed by atoms with Gasteiger partial charge in [-0.1, -0.05) is 130 Å². The summed E-state index contributed by atoms with van der Waals surface area (Å²) in [5, 5.41) is 0.707. The number of hydrogen-bond acceptors (Lipinski definition) is 2. The molecule has 0 N–H and O–H groups in total. The van der Waals surface area contributed by atoms with Crippen LogP contribution >= 0.6 is 0 Å². The molecule has 0 saturated heterocycles. The van der Waals surface area contributed by atoms with Gasteiger partial charge in [0.15, 0.2) is 0 Å². The summed E-state index contributed by atoms with van der Waals surface area (Å²) in [6.45, 7) is 13.0. The monoisotopic (exact) mass is 610 g/mol. The first-order valence-corrected chi connectivity index (χ1v) is 16.4. The molecule has 0 fully saturated rings. The lowest BCUT2D eigenvalue weighted by Crippen LogP contribution is -2.42. The number of ether oxygens (including phenoxy) is 1. The Bertz CT molecular complexity index is 2000. The summed E-state index contributed by atoms with van der Waals surface area (Å²) < 4.78 is 11.8. The van der Waals surface area contributed by atoms with Crippen LogP contribution in [0.3, 0.4) is 0 Å². The fourth-order valence-corrected chi connectivity index (χ4v) is 7.05. The predicted molar refractivity (Wildman–Crippen MR) is 201 cm³/mol. The average Bonchev–Trinajstić information content (AvgIpc) is 3.60. The van der Waals surface area contributed by atoms with E-state index in [-0.39, 0.29) is 11.0 Å². The highest BCUT2D eigenvalue weighted by molar-refractivity contribution is 6.60. The van der Waals surface area contributed by atoms with Crippen molar-refractivity contribution < 1.29 is 9.15 Å². The molecule has 0 spiro atoms. The van der Waals surface area contributed by atoms with Crippen LogP contribution in [0.2, 0.25) is 5.11 Å². The van der Waals surface area contributed by atoms with Crippen LogP contribution in [0, 0.1) is 12.3 Å². The van der Waals surface area contributed by atoms with Crippen molar-refractivity contribution in [3.05, 3.63) is 131 Å². The van der Waals surface area contributed by atoms with Crippen LogP contribution in [0.1, 0.15) is 63.3 Å². The summed E-state index contributed by atoms with van der Waals surface area (Å²) in [5.41, 5.74) is 9.59. The van der Waals surface area contributed by atoms with E-state index < -0.39 is 10.5 Å². The highest BCUT2D eigenvalue weighted by Crippen LogP contribution is 2.60. The van der Waals surface area contributed by atoms with Gasteiger partial charge in [-0.3, -0.25) is 0 Å². The molecule has 6 radical (unpaired) electrons. The predicted octanol–water partition coefficient (Wildman–Crippen LogP) is 10.3. The molecule has 6 aromatic rings. The molecule has 1 aliphatic rings. The average molecular weight is 610 g/mol. The topological polar surface area (TPSA) is 22.4 Å². The van der Waals surface area contributed by atoms with E-state index in [4.69, 9.17) is 32.7 Å². The molecule has 5 heteroatoms. The molecule has 1 heterocycles. The van der Waals surface area contributed by atoms with Gasteiger partial charge in [-0.15, -0.1) is 5.11 Å². The molecular formula is C42H41B3O2. The third kappa shape index (κ3) is 5.19. The van der Waals surface area contributed by atoms with Gasteiger partial charge in [0.1, 0.15) is 11.2 Å². The lowest BCUT2D eigenvalue weighted by atomic mass is 9.30. The van der Waals surface area contributed by atoms with Gasteiger partial charge < -0.3 is 9.15 Å². The Morgan fingerprint density at radius 3 is 1.66 bits per heavy atom. The molecule has 230 valence electrons. The molecule has 0 saturated carbocycles. The van der Waals surface area contributed by atoms with E-state index in [9.17, 15) is 0 Å². The van der Waals surface area contributed by atoms with Crippen LogP contribution in [0.15, 0.2) is 114 Å². The molecule has 5 aromatic carbocycles. The minimum absolute atomic E-state index is 0.0122. The number of rotatable bonds is 6. The molecule has 0 unspecified atom stereocenters. The highest BCUT2D eigenvalue weighted by atomic mass is 16.5. The van der Waals surface area contributed by atoms with Gasteiger partial charge in [-0.25, -0.2) is 0 Å². The van der Waals surface area contributed by atoms with Crippen molar-refractivity contribution in [3.8, 4) is 22.3 Å². The van der Waals surface area contributed by atoms with E-state index in [1.54, 1.807) is 7.11 Å². The maximum absolute atomic E-state index is 6.66. The van der Waals surface area contributed by atoms with Gasteiger partial charge in [0.05, 0.1) is 29.1 Å². The van der Waals surface area contributed by atoms with Gasteiger partial charge in [-0.2, -0.15) is 0 Å². The van der Waals surface area contributed by atoms with E-state index in [2.05, 4.69) is 126 Å². The molecule has 0 aliphatic heterocycles. The normalized spacial score (nSPS) is 14.0. The first-order valence-electron chi connectivity index (χ1n) is 16.4. The molecule has 7 rings (SSSR count). The zero-order valence-corrected chi connectivity index (χ0v) is 28.6. The minimum Gasteiger partial charge on any atom is -0.455 e. The summed E-state index contributed by atoms with van der Waals surface area (Å²) in [6.07, 6.45) is 1.15. The van der Waals surface area contributed by atoms with E-state index in [1.807, 2.05) is 24.3 Å². The summed E-state index contributed by atoms with van der Waals surface area (Å²) in [5.74, 6) is 0. The number of hydrogen-bond donors (Lipinski definition) is 0.